The van der Waals surface area contributed by atoms with Crippen LogP contribution in [0.2, 0.25) is 0 Å². The molecule has 0 aromatic heterocycles. The van der Waals surface area contributed by atoms with Crippen molar-refractivity contribution in [1.29, 1.82) is 0 Å². The molecule has 3 N–H and O–H groups in total. The first-order valence-corrected chi connectivity index (χ1v) is 13.5. The maximum atomic E-state index is 10.8. The Morgan fingerprint density at radius 2 is 1.74 bits per heavy atom. The summed E-state index contributed by atoms with van der Waals surface area (Å²) in [5.41, 5.74) is 4.21. The second-order valence-electron chi connectivity index (χ2n) is 11.0. The Labute approximate surface area is 231 Å². The molecule has 1 aromatic carbocycles. The zero-order valence-electron chi connectivity index (χ0n) is 23.6. The maximum Gasteiger partial charge on any atom is 0.328 e. The first kappa shape index (κ1) is 30.4. The molecule has 1 aliphatic heterocycles. The molecule has 0 bridgehead atoms. The molecule has 1 heterocycles. The summed E-state index contributed by atoms with van der Waals surface area (Å²) in [7, 11) is 0. The monoisotopic (exact) mass is 538 g/mol. The standard InChI is InChI=1S/C32H42O7/c1-21(7-6-8-22(2)17-30(35)36)9-14-28-23(3)29(15-16-32(28,4)5)37-25-10-12-26(13-11-25)38-31-19-24(34)18-27(20-33)39-31/h6-14,17,24,27,29,31,33-34H,15-16,18-20H2,1-5H3,(H,35,36)/b8-6+,14-9+,21-7+,22-17+. The number of hydrogen-bond donors (Lipinski definition) is 3. The summed E-state index contributed by atoms with van der Waals surface area (Å²) in [5, 5.41) is 28.2. The number of rotatable bonds is 10. The molecule has 1 saturated heterocycles. The highest BCUT2D eigenvalue weighted by atomic mass is 16.7. The van der Waals surface area contributed by atoms with E-state index < -0.39 is 24.5 Å². The van der Waals surface area contributed by atoms with E-state index in [2.05, 4.69) is 32.9 Å². The van der Waals surface area contributed by atoms with Gasteiger partial charge in [0.2, 0.25) is 6.29 Å². The minimum Gasteiger partial charge on any atom is -0.486 e. The van der Waals surface area contributed by atoms with E-state index in [-0.39, 0.29) is 18.1 Å². The number of ether oxygens (including phenoxy) is 3. The van der Waals surface area contributed by atoms with E-state index in [1.54, 1.807) is 13.0 Å². The number of carboxylic acids is 1. The fourth-order valence-electron chi connectivity index (χ4n) is 4.97. The summed E-state index contributed by atoms with van der Waals surface area (Å²) in [6, 6.07) is 7.41. The highest BCUT2D eigenvalue weighted by Crippen LogP contribution is 2.42. The second kappa shape index (κ2) is 13.8. The lowest BCUT2D eigenvalue weighted by atomic mass is 9.71. The first-order chi connectivity index (χ1) is 18.5. The van der Waals surface area contributed by atoms with Crippen molar-refractivity contribution in [1.82, 2.24) is 0 Å². The number of aliphatic carboxylic acids is 1. The van der Waals surface area contributed by atoms with Gasteiger partial charge < -0.3 is 29.5 Å². The van der Waals surface area contributed by atoms with Crippen molar-refractivity contribution in [3.63, 3.8) is 0 Å². The largest absolute Gasteiger partial charge is 0.486 e. The van der Waals surface area contributed by atoms with Gasteiger partial charge in [-0.2, -0.15) is 0 Å². The number of allylic oxidation sites excluding steroid dienone is 8. The molecular formula is C32H42O7. The molecule has 2 aliphatic rings. The zero-order valence-corrected chi connectivity index (χ0v) is 23.6. The zero-order chi connectivity index (χ0) is 28.6. The van der Waals surface area contributed by atoms with Gasteiger partial charge in [-0.1, -0.05) is 49.8 Å². The Hall–Kier alpha value is -3.13. The molecule has 212 valence electrons. The second-order valence-corrected chi connectivity index (χ2v) is 11.0. The van der Waals surface area contributed by atoms with Crippen LogP contribution in [0.4, 0.5) is 0 Å². The van der Waals surface area contributed by atoms with Gasteiger partial charge in [0.05, 0.1) is 18.8 Å². The van der Waals surface area contributed by atoms with E-state index in [0.717, 1.165) is 24.2 Å². The van der Waals surface area contributed by atoms with Crippen molar-refractivity contribution in [3.05, 3.63) is 83.0 Å². The van der Waals surface area contributed by atoms with Crippen molar-refractivity contribution in [2.24, 2.45) is 5.41 Å². The van der Waals surface area contributed by atoms with Gasteiger partial charge in [-0.15, -0.1) is 0 Å². The summed E-state index contributed by atoms with van der Waals surface area (Å²) >= 11 is 0. The molecule has 1 aliphatic carbocycles. The Morgan fingerprint density at radius 3 is 2.38 bits per heavy atom. The smallest absolute Gasteiger partial charge is 0.328 e. The highest BCUT2D eigenvalue weighted by Gasteiger charge is 2.33. The Kier molecular flexibility index (Phi) is 10.7. The lowest BCUT2D eigenvalue weighted by Gasteiger charge is -2.37. The molecule has 4 unspecified atom stereocenters. The van der Waals surface area contributed by atoms with Gasteiger partial charge in [0.1, 0.15) is 17.6 Å². The molecular weight excluding hydrogens is 496 g/mol. The SMILES string of the molecule is CC1=C(/C=C/C(C)=C/C=C/C(C)=C/C(=O)O)C(C)(C)CCC1Oc1ccc(OC2CC(O)CC(CO)O2)cc1. The van der Waals surface area contributed by atoms with Gasteiger partial charge in [0.15, 0.2) is 0 Å². The number of benzene rings is 1. The third-order valence-corrected chi connectivity index (χ3v) is 7.17. The van der Waals surface area contributed by atoms with E-state index in [9.17, 15) is 15.0 Å². The van der Waals surface area contributed by atoms with Crippen LogP contribution < -0.4 is 9.47 Å². The van der Waals surface area contributed by atoms with E-state index in [1.807, 2.05) is 43.3 Å². The Morgan fingerprint density at radius 1 is 1.08 bits per heavy atom. The molecule has 0 saturated carbocycles. The topological polar surface area (TPSA) is 105 Å². The Bertz CT molecular complexity index is 1140. The molecule has 4 atom stereocenters. The molecule has 0 radical (unpaired) electrons. The first-order valence-electron chi connectivity index (χ1n) is 13.5. The predicted molar refractivity (Wildman–Crippen MR) is 152 cm³/mol. The van der Waals surface area contributed by atoms with E-state index in [4.69, 9.17) is 19.3 Å². The van der Waals surface area contributed by atoms with Gasteiger partial charge >= 0.3 is 5.97 Å². The van der Waals surface area contributed by atoms with Crippen molar-refractivity contribution >= 4 is 5.97 Å². The van der Waals surface area contributed by atoms with Gasteiger partial charge in [0, 0.05) is 18.9 Å². The summed E-state index contributed by atoms with van der Waals surface area (Å²) in [5.74, 6) is 0.412. The normalized spacial score (nSPS) is 26.3. The van der Waals surface area contributed by atoms with Crippen LogP contribution in [0.5, 0.6) is 11.5 Å². The van der Waals surface area contributed by atoms with Gasteiger partial charge in [0.25, 0.3) is 0 Å². The number of aliphatic hydroxyl groups excluding tert-OH is 2. The van der Waals surface area contributed by atoms with Crippen molar-refractivity contribution < 1.29 is 34.3 Å². The summed E-state index contributed by atoms with van der Waals surface area (Å²) in [6.45, 7) is 10.3. The third kappa shape index (κ3) is 9.24. The van der Waals surface area contributed by atoms with Crippen LogP contribution in [0, 0.1) is 5.41 Å². The minimum atomic E-state index is -0.951. The minimum absolute atomic E-state index is 0.0199. The quantitative estimate of drug-likeness (QED) is 0.252. The predicted octanol–water partition coefficient (Wildman–Crippen LogP) is 5.90. The summed E-state index contributed by atoms with van der Waals surface area (Å²) < 4.78 is 17.9. The molecule has 3 rings (SSSR count). The molecule has 1 fully saturated rings. The van der Waals surface area contributed by atoms with E-state index in [0.29, 0.717) is 24.2 Å². The van der Waals surface area contributed by atoms with Crippen molar-refractivity contribution in [2.75, 3.05) is 6.61 Å². The number of aliphatic hydroxyl groups is 2. The highest BCUT2D eigenvalue weighted by molar-refractivity contribution is 5.81. The average Bonchev–Trinajstić information content (AvgIpc) is 2.86. The number of hydrogen-bond acceptors (Lipinski definition) is 6. The molecule has 39 heavy (non-hydrogen) atoms. The molecule has 0 amide bonds. The number of carbonyl (C=O) groups is 1. The summed E-state index contributed by atoms with van der Waals surface area (Å²) in [6.07, 6.45) is 12.1. The van der Waals surface area contributed by atoms with Gasteiger partial charge in [-0.05, 0) is 80.0 Å². The molecule has 7 heteroatoms. The van der Waals surface area contributed by atoms with Crippen LogP contribution in [0.3, 0.4) is 0 Å². The fourth-order valence-corrected chi connectivity index (χ4v) is 4.97. The van der Waals surface area contributed by atoms with Crippen molar-refractivity contribution in [2.45, 2.75) is 84.9 Å². The summed E-state index contributed by atoms with van der Waals surface area (Å²) in [4.78, 5) is 10.8. The van der Waals surface area contributed by atoms with Crippen LogP contribution in [0.15, 0.2) is 83.0 Å². The van der Waals surface area contributed by atoms with Crippen LogP contribution in [0.25, 0.3) is 0 Å². The Balaban J connectivity index is 1.66. The van der Waals surface area contributed by atoms with Gasteiger partial charge in [-0.25, -0.2) is 4.79 Å². The van der Waals surface area contributed by atoms with E-state index in [1.165, 1.54) is 17.2 Å². The van der Waals surface area contributed by atoms with Crippen LogP contribution in [-0.2, 0) is 9.53 Å². The molecule has 1 aromatic rings. The average molecular weight is 539 g/mol. The molecule has 0 spiro atoms. The van der Waals surface area contributed by atoms with E-state index >= 15 is 0 Å². The molecule has 7 nitrogen and oxygen atoms in total. The maximum absolute atomic E-state index is 10.8. The van der Waals surface area contributed by atoms with Crippen molar-refractivity contribution in [3.8, 4) is 11.5 Å². The van der Waals surface area contributed by atoms with Gasteiger partial charge in [-0.3, -0.25) is 0 Å². The number of carboxylic acid groups (broad SMARTS) is 1. The lowest BCUT2D eigenvalue weighted by molar-refractivity contribution is -0.184. The van der Waals surface area contributed by atoms with Crippen LogP contribution >= 0.6 is 0 Å². The fraction of sp³-hybridized carbons (Fsp3) is 0.469. The lowest BCUT2D eigenvalue weighted by Crippen LogP contribution is -2.40. The van der Waals surface area contributed by atoms with Crippen LogP contribution in [0.1, 0.15) is 60.3 Å². The van der Waals surface area contributed by atoms with Crippen LogP contribution in [-0.4, -0.2) is 52.5 Å². The third-order valence-electron chi connectivity index (χ3n) is 7.17.